The fourth-order valence-electron chi connectivity index (χ4n) is 4.38. The van der Waals surface area contributed by atoms with Crippen LogP contribution in [0, 0.1) is 0 Å². The molecule has 35 heavy (non-hydrogen) atoms. The van der Waals surface area contributed by atoms with E-state index in [1.807, 2.05) is 83.5 Å². The number of hydrogen-bond donors (Lipinski definition) is 2. The van der Waals surface area contributed by atoms with Gasteiger partial charge in [-0.05, 0) is 47.7 Å². The van der Waals surface area contributed by atoms with Crippen molar-refractivity contribution in [2.45, 2.75) is 31.3 Å². The number of amides is 1. The van der Waals surface area contributed by atoms with Crippen molar-refractivity contribution in [1.82, 2.24) is 14.8 Å². The van der Waals surface area contributed by atoms with Crippen LogP contribution in [0.3, 0.4) is 0 Å². The molecule has 0 saturated carbocycles. The fraction of sp³-hybridized carbons (Fsp3) is 0.222. The second kappa shape index (κ2) is 10.2. The van der Waals surface area contributed by atoms with E-state index >= 15 is 0 Å². The average molecular weight is 488 g/mol. The maximum Gasteiger partial charge on any atom is 0.250 e. The van der Waals surface area contributed by atoms with Crippen molar-refractivity contribution in [1.29, 1.82) is 0 Å². The summed E-state index contributed by atoms with van der Waals surface area (Å²) in [5, 5.41) is 11.6. The first-order valence-electron chi connectivity index (χ1n) is 11.6. The molecule has 8 heteroatoms. The minimum Gasteiger partial charge on any atom is -0.497 e. The predicted octanol–water partition coefficient (Wildman–Crippen LogP) is 5.66. The Hall–Kier alpha value is -3.84. The van der Waals surface area contributed by atoms with Crippen molar-refractivity contribution in [2.24, 2.45) is 0 Å². The molecule has 1 aliphatic rings. The van der Waals surface area contributed by atoms with Crippen LogP contribution in [0.25, 0.3) is 0 Å². The molecule has 0 fully saturated rings. The molecule has 1 aliphatic heterocycles. The third-order valence-electron chi connectivity index (χ3n) is 6.21. The van der Waals surface area contributed by atoms with Crippen molar-refractivity contribution in [3.63, 3.8) is 0 Å². The molecule has 0 bridgehead atoms. The summed E-state index contributed by atoms with van der Waals surface area (Å²) in [4.78, 5) is 17.2. The quantitative estimate of drug-likeness (QED) is 0.351. The first-order chi connectivity index (χ1) is 17.1. The van der Waals surface area contributed by atoms with E-state index in [2.05, 4.69) is 20.7 Å². The van der Waals surface area contributed by atoms with Crippen LogP contribution in [0.5, 0.6) is 5.75 Å². The zero-order valence-corrected chi connectivity index (χ0v) is 20.1. The summed E-state index contributed by atoms with van der Waals surface area (Å²) in [5.41, 5.74) is 3.18. The molecule has 0 spiro atoms. The lowest BCUT2D eigenvalue weighted by molar-refractivity contribution is -0.116. The molecule has 0 aliphatic carbocycles. The Labute approximate surface area is 209 Å². The molecular formula is C27H26ClN5O2. The van der Waals surface area contributed by atoms with Crippen LogP contribution in [0.4, 0.5) is 11.9 Å². The van der Waals surface area contributed by atoms with Crippen molar-refractivity contribution < 1.29 is 9.53 Å². The molecule has 1 amide bonds. The van der Waals surface area contributed by atoms with E-state index in [0.717, 1.165) is 22.4 Å². The minimum atomic E-state index is -0.144. The first-order valence-corrected chi connectivity index (χ1v) is 11.9. The normalized spacial score (nSPS) is 16.7. The van der Waals surface area contributed by atoms with Gasteiger partial charge in [-0.3, -0.25) is 10.1 Å². The maximum absolute atomic E-state index is 12.6. The number of aryl methyl sites for hydroxylation is 1. The number of anilines is 2. The summed E-state index contributed by atoms with van der Waals surface area (Å²) in [6.07, 6.45) is 1.72. The number of carbonyl (C=O) groups is 1. The minimum absolute atomic E-state index is 0.0134. The van der Waals surface area contributed by atoms with Gasteiger partial charge in [0.25, 0.3) is 5.95 Å². The van der Waals surface area contributed by atoms with Crippen molar-refractivity contribution >= 4 is 29.4 Å². The van der Waals surface area contributed by atoms with E-state index in [-0.39, 0.29) is 23.9 Å². The SMILES string of the molecule is COc1ccc([C@H]2C[C@H](c3ccccc3Cl)n3nc(NC(=O)CCc4ccccc4)nc3N2)cc1. The molecule has 2 heterocycles. The van der Waals surface area contributed by atoms with Crippen molar-refractivity contribution in [3.8, 4) is 5.75 Å². The van der Waals surface area contributed by atoms with E-state index < -0.39 is 0 Å². The van der Waals surface area contributed by atoms with Gasteiger partial charge in [-0.1, -0.05) is 72.3 Å². The number of nitrogens with zero attached hydrogens (tertiary/aromatic N) is 3. The number of rotatable bonds is 7. The number of aromatic nitrogens is 3. The Kier molecular flexibility index (Phi) is 6.68. The van der Waals surface area contributed by atoms with Gasteiger partial charge in [-0.15, -0.1) is 5.10 Å². The highest BCUT2D eigenvalue weighted by Gasteiger charge is 2.32. The number of hydrogen-bond acceptors (Lipinski definition) is 5. The molecule has 178 valence electrons. The smallest absolute Gasteiger partial charge is 0.250 e. The summed E-state index contributed by atoms with van der Waals surface area (Å²) >= 11 is 6.58. The van der Waals surface area contributed by atoms with Gasteiger partial charge in [0.2, 0.25) is 11.9 Å². The predicted molar refractivity (Wildman–Crippen MR) is 137 cm³/mol. The summed E-state index contributed by atoms with van der Waals surface area (Å²) in [5.74, 6) is 1.53. The Morgan fingerprint density at radius 2 is 1.83 bits per heavy atom. The molecule has 2 N–H and O–H groups in total. The highest BCUT2D eigenvalue weighted by atomic mass is 35.5. The average Bonchev–Trinajstić information content (AvgIpc) is 3.30. The van der Waals surface area contributed by atoms with Crippen molar-refractivity contribution in [3.05, 3.63) is 101 Å². The molecule has 4 aromatic rings. The van der Waals surface area contributed by atoms with E-state index in [1.165, 1.54) is 0 Å². The van der Waals surface area contributed by atoms with Crippen molar-refractivity contribution in [2.75, 3.05) is 17.7 Å². The number of nitrogens with one attached hydrogen (secondary N) is 2. The Morgan fingerprint density at radius 3 is 2.57 bits per heavy atom. The molecular weight excluding hydrogens is 462 g/mol. The van der Waals surface area contributed by atoms with E-state index in [1.54, 1.807) is 7.11 Å². The van der Waals surface area contributed by atoms with Crippen LogP contribution in [0.1, 0.15) is 41.6 Å². The lowest BCUT2D eigenvalue weighted by Crippen LogP contribution is -2.28. The Balaban J connectivity index is 1.39. The summed E-state index contributed by atoms with van der Waals surface area (Å²) in [6.45, 7) is 0. The van der Waals surface area contributed by atoms with Crippen LogP contribution in [-0.2, 0) is 11.2 Å². The molecule has 5 rings (SSSR count). The van der Waals surface area contributed by atoms with E-state index in [9.17, 15) is 4.79 Å². The third-order valence-corrected chi connectivity index (χ3v) is 6.55. The number of fused-ring (bicyclic) bond motifs is 1. The fourth-order valence-corrected chi connectivity index (χ4v) is 4.64. The van der Waals surface area contributed by atoms with Crippen LogP contribution < -0.4 is 15.4 Å². The molecule has 0 saturated heterocycles. The lowest BCUT2D eigenvalue weighted by Gasteiger charge is -2.32. The van der Waals surface area contributed by atoms with Gasteiger partial charge in [0.15, 0.2) is 0 Å². The molecule has 0 radical (unpaired) electrons. The zero-order valence-electron chi connectivity index (χ0n) is 19.3. The van der Waals surface area contributed by atoms with Gasteiger partial charge >= 0.3 is 0 Å². The highest BCUT2D eigenvalue weighted by Crippen LogP contribution is 2.40. The summed E-state index contributed by atoms with van der Waals surface area (Å²) in [7, 11) is 1.65. The Morgan fingerprint density at radius 1 is 1.09 bits per heavy atom. The van der Waals surface area contributed by atoms with Crippen LogP contribution in [0.15, 0.2) is 78.9 Å². The first kappa shape index (κ1) is 22.9. The Bertz CT molecular complexity index is 1310. The summed E-state index contributed by atoms with van der Waals surface area (Å²) in [6, 6.07) is 25.5. The van der Waals surface area contributed by atoms with E-state index in [4.69, 9.17) is 16.3 Å². The van der Waals surface area contributed by atoms with Crippen LogP contribution in [0.2, 0.25) is 5.02 Å². The number of halogens is 1. The standard InChI is InChI=1S/C27H26ClN5O2/c1-35-20-14-12-19(13-15-20)23-17-24(21-9-5-6-10-22(21)28)33-27(29-23)31-26(32-33)30-25(34)16-11-18-7-3-2-4-8-18/h2-10,12-15,23-24H,11,16-17H2,1H3,(H2,29,30,31,32,34)/t23-,24-/m1/s1. The van der Waals surface area contributed by atoms with Gasteiger partial charge in [-0.2, -0.15) is 4.98 Å². The largest absolute Gasteiger partial charge is 0.497 e. The number of benzene rings is 3. The topological polar surface area (TPSA) is 81.1 Å². The van der Waals surface area contributed by atoms with Gasteiger partial charge in [0.05, 0.1) is 19.2 Å². The number of ether oxygens (including phenoxy) is 1. The third kappa shape index (κ3) is 5.15. The van der Waals surface area contributed by atoms with Gasteiger partial charge < -0.3 is 10.1 Å². The zero-order chi connectivity index (χ0) is 24.2. The second-order valence-corrected chi connectivity index (χ2v) is 8.89. The highest BCUT2D eigenvalue weighted by molar-refractivity contribution is 6.31. The summed E-state index contributed by atoms with van der Waals surface area (Å²) < 4.78 is 7.12. The van der Waals surface area contributed by atoms with Crippen LogP contribution >= 0.6 is 11.6 Å². The molecule has 3 aromatic carbocycles. The number of methoxy groups -OCH3 is 1. The monoisotopic (exact) mass is 487 g/mol. The van der Waals surface area contributed by atoms with Gasteiger partial charge in [-0.25, -0.2) is 4.68 Å². The van der Waals surface area contributed by atoms with E-state index in [0.29, 0.717) is 30.2 Å². The maximum atomic E-state index is 12.6. The molecule has 2 atom stereocenters. The van der Waals surface area contributed by atoms with Gasteiger partial charge in [0, 0.05) is 11.4 Å². The number of carbonyl (C=O) groups excluding carboxylic acids is 1. The second-order valence-electron chi connectivity index (χ2n) is 8.48. The van der Waals surface area contributed by atoms with Gasteiger partial charge in [0.1, 0.15) is 5.75 Å². The molecule has 7 nitrogen and oxygen atoms in total. The molecule has 0 unspecified atom stereocenters. The molecule has 1 aromatic heterocycles. The lowest BCUT2D eigenvalue weighted by atomic mass is 9.93. The van der Waals surface area contributed by atoms with Crippen LogP contribution in [-0.4, -0.2) is 27.8 Å².